The second-order valence-electron chi connectivity index (χ2n) is 7.19. The van der Waals surface area contributed by atoms with Crippen molar-refractivity contribution in [3.8, 4) is 0 Å². The molecule has 146 valence electrons. The predicted molar refractivity (Wildman–Crippen MR) is 107 cm³/mol. The maximum absolute atomic E-state index is 12.8. The summed E-state index contributed by atoms with van der Waals surface area (Å²) >= 11 is 4.98. The highest BCUT2D eigenvalue weighted by molar-refractivity contribution is 7.92. The van der Waals surface area contributed by atoms with E-state index in [-0.39, 0.29) is 21.3 Å². The molecule has 1 atom stereocenters. The molecule has 27 heavy (non-hydrogen) atoms. The molecule has 0 saturated heterocycles. The van der Waals surface area contributed by atoms with Crippen molar-refractivity contribution in [1.29, 1.82) is 0 Å². The molecule has 0 aromatic carbocycles. The number of nitrogens with zero attached hydrogens (tertiary/aromatic N) is 2. The number of sulfone groups is 1. The summed E-state index contributed by atoms with van der Waals surface area (Å²) in [6.07, 6.45) is 9.13. The third kappa shape index (κ3) is 4.90. The van der Waals surface area contributed by atoms with Crippen molar-refractivity contribution in [1.82, 2.24) is 10.3 Å². The lowest BCUT2D eigenvalue weighted by Gasteiger charge is -2.20. The van der Waals surface area contributed by atoms with Crippen molar-refractivity contribution in [2.75, 3.05) is 0 Å². The number of aliphatic imine (C=N–C) groups is 1. The highest BCUT2D eigenvalue weighted by Gasteiger charge is 2.38. The van der Waals surface area contributed by atoms with Gasteiger partial charge in [-0.3, -0.25) is 4.79 Å². The summed E-state index contributed by atoms with van der Waals surface area (Å²) in [5.74, 6) is -0.261. The van der Waals surface area contributed by atoms with Crippen LogP contribution in [0.2, 0.25) is 0 Å². The van der Waals surface area contributed by atoms with Crippen LogP contribution in [-0.4, -0.2) is 36.0 Å². The maximum atomic E-state index is 12.8. The Morgan fingerprint density at radius 3 is 2.59 bits per heavy atom. The first kappa shape index (κ1) is 19.9. The minimum Gasteiger partial charge on any atom is -0.390 e. The molecule has 0 aliphatic heterocycles. The van der Waals surface area contributed by atoms with Crippen molar-refractivity contribution in [2.45, 2.75) is 61.1 Å². The zero-order valence-corrected chi connectivity index (χ0v) is 16.6. The third-order valence-electron chi connectivity index (χ3n) is 5.20. The van der Waals surface area contributed by atoms with Crippen LogP contribution in [0, 0.1) is 5.92 Å². The average molecular weight is 409 g/mol. The molecule has 2 saturated carbocycles. The van der Waals surface area contributed by atoms with E-state index in [1.54, 1.807) is 6.07 Å². The van der Waals surface area contributed by atoms with Crippen molar-refractivity contribution in [2.24, 2.45) is 16.6 Å². The van der Waals surface area contributed by atoms with E-state index in [1.807, 2.05) is 0 Å². The molecular weight excluding hydrogens is 384 g/mol. The monoisotopic (exact) mass is 408 g/mol. The van der Waals surface area contributed by atoms with Gasteiger partial charge in [-0.05, 0) is 49.0 Å². The lowest BCUT2D eigenvalue weighted by atomic mass is 9.88. The molecule has 1 heterocycles. The van der Waals surface area contributed by atoms with Crippen LogP contribution in [-0.2, 0) is 14.6 Å². The zero-order chi connectivity index (χ0) is 19.4. The standard InChI is InChI=1S/C18H24N4O3S2/c19-11-21-18(26)22-17(23)15(9-12-3-1-2-4-12)13-5-8-16(20-10-13)27(24,25)14-6-7-14/h5,8,10-12,14-15H,1-4,6-7,9H2,(H3,19,21,22,23,26). The molecule has 1 unspecified atom stereocenters. The summed E-state index contributed by atoms with van der Waals surface area (Å²) in [6.45, 7) is 0. The van der Waals surface area contributed by atoms with Gasteiger partial charge in [-0.15, -0.1) is 0 Å². The van der Waals surface area contributed by atoms with Crippen LogP contribution in [0.25, 0.3) is 0 Å². The fraction of sp³-hybridized carbons (Fsp3) is 0.556. The summed E-state index contributed by atoms with van der Waals surface area (Å²) < 4.78 is 24.6. The van der Waals surface area contributed by atoms with Gasteiger partial charge in [0.25, 0.3) is 0 Å². The highest BCUT2D eigenvalue weighted by Crippen LogP contribution is 2.36. The Labute approximate surface area is 164 Å². The molecule has 1 aromatic heterocycles. The molecule has 0 bridgehead atoms. The normalized spacial score (nSPS) is 19.3. The van der Waals surface area contributed by atoms with Gasteiger partial charge in [-0.1, -0.05) is 31.7 Å². The van der Waals surface area contributed by atoms with Crippen LogP contribution in [0.3, 0.4) is 0 Å². The Bertz CT molecular complexity index is 827. The van der Waals surface area contributed by atoms with E-state index < -0.39 is 15.8 Å². The van der Waals surface area contributed by atoms with Crippen LogP contribution in [0.5, 0.6) is 0 Å². The number of rotatable bonds is 6. The van der Waals surface area contributed by atoms with Crippen LogP contribution in [0.15, 0.2) is 28.3 Å². The number of hydrogen-bond acceptors (Lipinski definition) is 5. The largest absolute Gasteiger partial charge is 0.390 e. The van der Waals surface area contributed by atoms with Crippen molar-refractivity contribution in [3.05, 3.63) is 23.9 Å². The van der Waals surface area contributed by atoms with Gasteiger partial charge in [0.15, 0.2) is 14.9 Å². The summed E-state index contributed by atoms with van der Waals surface area (Å²) in [6, 6.07) is 3.20. The van der Waals surface area contributed by atoms with Crippen LogP contribution in [0.1, 0.15) is 56.4 Å². The van der Waals surface area contributed by atoms with Crippen LogP contribution >= 0.6 is 12.2 Å². The van der Waals surface area contributed by atoms with Crippen molar-refractivity contribution < 1.29 is 13.2 Å². The summed E-state index contributed by atoms with van der Waals surface area (Å²) in [7, 11) is -3.34. The number of thiocarbonyl (C=S) groups is 1. The molecule has 3 rings (SSSR count). The number of hydrogen-bond donors (Lipinski definition) is 2. The van der Waals surface area contributed by atoms with Gasteiger partial charge in [0.05, 0.1) is 17.5 Å². The third-order valence-corrected chi connectivity index (χ3v) is 7.58. The van der Waals surface area contributed by atoms with Gasteiger partial charge in [0.2, 0.25) is 11.0 Å². The summed E-state index contributed by atoms with van der Waals surface area (Å²) in [4.78, 5) is 20.6. The SMILES string of the molecule is N/C=N\C(=S)NC(=O)C(CC1CCCC1)c1ccc(S(=O)(=O)C2CC2)nc1. The summed E-state index contributed by atoms with van der Waals surface area (Å²) in [5, 5.41) is 2.38. The molecular formula is C18H24N4O3S2. The molecule has 2 fully saturated rings. The number of carbonyl (C=O) groups excluding carboxylic acids is 1. The number of aromatic nitrogens is 1. The first-order valence-electron chi connectivity index (χ1n) is 9.20. The lowest BCUT2D eigenvalue weighted by molar-refractivity contribution is -0.121. The molecule has 2 aliphatic carbocycles. The van der Waals surface area contributed by atoms with Gasteiger partial charge in [-0.2, -0.15) is 0 Å². The van der Waals surface area contributed by atoms with Gasteiger partial charge < -0.3 is 11.1 Å². The molecule has 7 nitrogen and oxygen atoms in total. The lowest BCUT2D eigenvalue weighted by Crippen LogP contribution is -2.33. The number of pyridine rings is 1. The topological polar surface area (TPSA) is 115 Å². The predicted octanol–water partition coefficient (Wildman–Crippen LogP) is 2.07. The van der Waals surface area contributed by atoms with E-state index in [1.165, 1.54) is 25.1 Å². The van der Waals surface area contributed by atoms with Gasteiger partial charge in [0, 0.05) is 6.20 Å². The fourth-order valence-corrected chi connectivity index (χ4v) is 5.30. The van der Waals surface area contributed by atoms with E-state index in [0.717, 1.165) is 19.2 Å². The molecule has 1 aromatic rings. The molecule has 9 heteroatoms. The number of nitrogens with two attached hydrogens (primary N) is 1. The summed E-state index contributed by atoms with van der Waals surface area (Å²) in [5.41, 5.74) is 5.90. The second-order valence-corrected chi connectivity index (χ2v) is 9.75. The number of amides is 1. The van der Waals surface area contributed by atoms with Crippen molar-refractivity contribution >= 4 is 39.4 Å². The van der Waals surface area contributed by atoms with E-state index >= 15 is 0 Å². The van der Waals surface area contributed by atoms with E-state index in [4.69, 9.17) is 18.0 Å². The zero-order valence-electron chi connectivity index (χ0n) is 15.0. The van der Waals surface area contributed by atoms with E-state index in [9.17, 15) is 13.2 Å². The maximum Gasteiger partial charge on any atom is 0.233 e. The Balaban J connectivity index is 1.80. The minimum absolute atomic E-state index is 0.0137. The molecule has 2 aliphatic rings. The molecule has 3 N–H and O–H groups in total. The molecule has 0 spiro atoms. The Morgan fingerprint density at radius 2 is 2.04 bits per heavy atom. The second kappa shape index (κ2) is 8.43. The average Bonchev–Trinajstić information content (AvgIpc) is 3.38. The Kier molecular flexibility index (Phi) is 6.21. The van der Waals surface area contributed by atoms with Crippen molar-refractivity contribution in [3.63, 3.8) is 0 Å². The number of nitrogens with one attached hydrogen (secondary N) is 1. The first-order chi connectivity index (χ1) is 12.9. The van der Waals surface area contributed by atoms with E-state index in [0.29, 0.717) is 30.7 Å². The van der Waals surface area contributed by atoms with Crippen LogP contribution < -0.4 is 11.1 Å². The fourth-order valence-electron chi connectivity index (χ4n) is 3.58. The van der Waals surface area contributed by atoms with Gasteiger partial charge in [-0.25, -0.2) is 18.4 Å². The van der Waals surface area contributed by atoms with Gasteiger partial charge in [0.1, 0.15) is 0 Å². The smallest absolute Gasteiger partial charge is 0.233 e. The first-order valence-corrected chi connectivity index (χ1v) is 11.2. The Hall–Kier alpha value is -1.87. The highest BCUT2D eigenvalue weighted by atomic mass is 32.2. The molecule has 0 radical (unpaired) electrons. The Morgan fingerprint density at radius 1 is 1.33 bits per heavy atom. The quantitative estimate of drug-likeness (QED) is 0.423. The number of carbonyl (C=O) groups is 1. The van der Waals surface area contributed by atoms with E-state index in [2.05, 4.69) is 15.3 Å². The van der Waals surface area contributed by atoms with Crippen LogP contribution in [0.4, 0.5) is 0 Å². The minimum atomic E-state index is -3.34. The van der Waals surface area contributed by atoms with Gasteiger partial charge >= 0.3 is 0 Å². The molecule has 1 amide bonds.